The van der Waals surface area contributed by atoms with Gasteiger partial charge < -0.3 is 11.5 Å². The van der Waals surface area contributed by atoms with Crippen LogP contribution < -0.4 is 11.5 Å². The molecule has 1 aromatic rings. The number of carbonyl (C=O) groups is 1. The highest BCUT2D eigenvalue weighted by Crippen LogP contribution is 2.27. The second-order valence-electron chi connectivity index (χ2n) is 5.35. The highest BCUT2D eigenvalue weighted by Gasteiger charge is 2.27. The average molecular weight is 296 g/mol. The van der Waals surface area contributed by atoms with Crippen LogP contribution >= 0.6 is 0 Å². The second kappa shape index (κ2) is 5.83. The standard InChI is InChI=1S/C14H20N2O3S/c15-13-8-10(14(16)17)6-7-11(13)9-20(18,19)12-4-2-1-3-5-12/h6-8,12H,1-5,9,15H2,(H2,16,17). The van der Waals surface area contributed by atoms with Crippen LogP contribution in [0.2, 0.25) is 0 Å². The lowest BCUT2D eigenvalue weighted by Gasteiger charge is -2.22. The molecule has 4 N–H and O–H groups in total. The highest BCUT2D eigenvalue weighted by atomic mass is 32.2. The number of nitrogen functional groups attached to an aromatic ring is 1. The number of primary amides is 1. The van der Waals surface area contributed by atoms with E-state index in [0.717, 1.165) is 32.1 Å². The summed E-state index contributed by atoms with van der Waals surface area (Å²) in [7, 11) is -3.19. The van der Waals surface area contributed by atoms with Crippen molar-refractivity contribution < 1.29 is 13.2 Å². The van der Waals surface area contributed by atoms with Crippen LogP contribution in [0.15, 0.2) is 18.2 Å². The number of hydrogen-bond acceptors (Lipinski definition) is 4. The van der Waals surface area contributed by atoms with Gasteiger partial charge in [-0.25, -0.2) is 8.42 Å². The molecule has 1 aliphatic carbocycles. The Labute approximate surface area is 119 Å². The Kier molecular flexibility index (Phi) is 4.32. The predicted molar refractivity (Wildman–Crippen MR) is 78.9 cm³/mol. The molecule has 0 atom stereocenters. The van der Waals surface area contributed by atoms with Gasteiger partial charge in [-0.05, 0) is 30.5 Å². The molecular formula is C14H20N2O3S. The molecule has 1 aliphatic rings. The summed E-state index contributed by atoms with van der Waals surface area (Å²) in [5.74, 6) is -0.638. The molecule has 0 spiro atoms. The van der Waals surface area contributed by atoms with E-state index in [1.54, 1.807) is 6.07 Å². The number of carbonyl (C=O) groups excluding carboxylic acids is 1. The summed E-state index contributed by atoms with van der Waals surface area (Å²) in [6, 6.07) is 4.54. The summed E-state index contributed by atoms with van der Waals surface area (Å²) < 4.78 is 24.8. The summed E-state index contributed by atoms with van der Waals surface area (Å²) in [6.45, 7) is 0. The number of rotatable bonds is 4. The molecule has 6 heteroatoms. The van der Waals surface area contributed by atoms with E-state index in [-0.39, 0.29) is 11.0 Å². The van der Waals surface area contributed by atoms with E-state index in [9.17, 15) is 13.2 Å². The summed E-state index contributed by atoms with van der Waals surface area (Å²) in [5.41, 5.74) is 12.1. The van der Waals surface area contributed by atoms with Gasteiger partial charge in [-0.2, -0.15) is 0 Å². The summed E-state index contributed by atoms with van der Waals surface area (Å²) in [5, 5.41) is -0.258. The predicted octanol–water partition coefficient (Wildman–Crippen LogP) is 1.62. The van der Waals surface area contributed by atoms with Gasteiger partial charge in [0.15, 0.2) is 9.84 Å². The van der Waals surface area contributed by atoms with Gasteiger partial charge in [-0.15, -0.1) is 0 Å². The Hall–Kier alpha value is -1.56. The van der Waals surface area contributed by atoms with Crippen molar-refractivity contribution in [1.82, 2.24) is 0 Å². The third kappa shape index (κ3) is 3.30. The number of nitrogens with two attached hydrogens (primary N) is 2. The van der Waals surface area contributed by atoms with Crippen LogP contribution in [0.4, 0.5) is 5.69 Å². The van der Waals surface area contributed by atoms with Crippen molar-refractivity contribution in [1.29, 1.82) is 0 Å². The smallest absolute Gasteiger partial charge is 0.248 e. The van der Waals surface area contributed by atoms with Gasteiger partial charge in [-0.3, -0.25) is 4.79 Å². The second-order valence-corrected chi connectivity index (χ2v) is 7.63. The first kappa shape index (κ1) is 14.8. The molecule has 110 valence electrons. The normalized spacial score (nSPS) is 17.0. The first-order chi connectivity index (χ1) is 9.40. The lowest BCUT2D eigenvalue weighted by atomic mass is 10.0. The zero-order valence-electron chi connectivity index (χ0n) is 11.3. The van der Waals surface area contributed by atoms with Gasteiger partial charge in [0.2, 0.25) is 5.91 Å². The van der Waals surface area contributed by atoms with Crippen LogP contribution in [0.3, 0.4) is 0 Å². The monoisotopic (exact) mass is 296 g/mol. The third-order valence-electron chi connectivity index (χ3n) is 3.85. The maximum atomic E-state index is 12.4. The highest BCUT2D eigenvalue weighted by molar-refractivity contribution is 7.91. The van der Waals surface area contributed by atoms with Gasteiger partial charge >= 0.3 is 0 Å². The van der Waals surface area contributed by atoms with Crippen molar-refractivity contribution in [3.8, 4) is 0 Å². The van der Waals surface area contributed by atoms with Gasteiger partial charge in [0.1, 0.15) is 0 Å². The molecule has 1 saturated carbocycles. The molecule has 1 fully saturated rings. The minimum Gasteiger partial charge on any atom is -0.398 e. The van der Waals surface area contributed by atoms with Crippen LogP contribution in [0.5, 0.6) is 0 Å². The molecule has 5 nitrogen and oxygen atoms in total. The van der Waals surface area contributed by atoms with Crippen LogP contribution in [-0.4, -0.2) is 19.6 Å². The molecule has 20 heavy (non-hydrogen) atoms. The van der Waals surface area contributed by atoms with Crippen molar-refractivity contribution >= 4 is 21.4 Å². The fourth-order valence-corrected chi connectivity index (χ4v) is 4.62. The third-order valence-corrected chi connectivity index (χ3v) is 6.05. The van der Waals surface area contributed by atoms with Gasteiger partial charge in [0.25, 0.3) is 0 Å². The molecular weight excluding hydrogens is 276 g/mol. The Morgan fingerprint density at radius 1 is 1.20 bits per heavy atom. The molecule has 2 rings (SSSR count). The van der Waals surface area contributed by atoms with E-state index in [1.807, 2.05) is 0 Å². The van der Waals surface area contributed by atoms with E-state index >= 15 is 0 Å². The largest absolute Gasteiger partial charge is 0.398 e. The topological polar surface area (TPSA) is 103 Å². The van der Waals surface area contributed by atoms with E-state index in [4.69, 9.17) is 11.5 Å². The van der Waals surface area contributed by atoms with Crippen molar-refractivity contribution in [2.45, 2.75) is 43.1 Å². The minimum absolute atomic E-state index is 0.0669. The van der Waals surface area contributed by atoms with Gasteiger partial charge in [-0.1, -0.05) is 25.3 Å². The molecule has 0 aliphatic heterocycles. The van der Waals surface area contributed by atoms with Crippen LogP contribution in [-0.2, 0) is 15.6 Å². The molecule has 1 amide bonds. The molecule has 0 unspecified atom stereocenters. The maximum Gasteiger partial charge on any atom is 0.248 e. The van der Waals surface area contributed by atoms with Crippen molar-refractivity contribution in [2.75, 3.05) is 5.73 Å². The number of anilines is 1. The maximum absolute atomic E-state index is 12.4. The molecule has 0 heterocycles. The Morgan fingerprint density at radius 3 is 2.40 bits per heavy atom. The summed E-state index contributed by atoms with van der Waals surface area (Å²) >= 11 is 0. The number of hydrogen-bond donors (Lipinski definition) is 2. The fraction of sp³-hybridized carbons (Fsp3) is 0.500. The lowest BCUT2D eigenvalue weighted by Crippen LogP contribution is -2.25. The Bertz CT molecular complexity index is 605. The molecule has 0 saturated heterocycles. The van der Waals surface area contributed by atoms with Crippen molar-refractivity contribution in [3.63, 3.8) is 0 Å². The zero-order valence-corrected chi connectivity index (χ0v) is 12.2. The first-order valence-electron chi connectivity index (χ1n) is 6.80. The Morgan fingerprint density at radius 2 is 1.85 bits per heavy atom. The number of amides is 1. The molecule has 0 radical (unpaired) electrons. The summed E-state index contributed by atoms with van der Waals surface area (Å²) in [6.07, 6.45) is 4.53. The van der Waals surface area contributed by atoms with E-state index in [1.165, 1.54) is 12.1 Å². The van der Waals surface area contributed by atoms with E-state index in [0.29, 0.717) is 16.8 Å². The Balaban J connectivity index is 2.18. The van der Waals surface area contributed by atoms with Crippen LogP contribution in [0.1, 0.15) is 48.0 Å². The number of benzene rings is 1. The zero-order chi connectivity index (χ0) is 14.8. The van der Waals surface area contributed by atoms with E-state index < -0.39 is 15.7 Å². The van der Waals surface area contributed by atoms with E-state index in [2.05, 4.69) is 0 Å². The average Bonchev–Trinajstić information content (AvgIpc) is 2.41. The quantitative estimate of drug-likeness (QED) is 0.824. The first-order valence-corrected chi connectivity index (χ1v) is 8.51. The van der Waals surface area contributed by atoms with Gasteiger partial charge in [0.05, 0.1) is 11.0 Å². The molecule has 1 aromatic carbocycles. The SMILES string of the molecule is NC(=O)c1ccc(CS(=O)(=O)C2CCCCC2)c(N)c1. The van der Waals surface area contributed by atoms with Crippen LogP contribution in [0.25, 0.3) is 0 Å². The van der Waals surface area contributed by atoms with Crippen LogP contribution in [0, 0.1) is 0 Å². The fourth-order valence-electron chi connectivity index (χ4n) is 2.64. The van der Waals surface area contributed by atoms with Crippen molar-refractivity contribution in [3.05, 3.63) is 29.3 Å². The lowest BCUT2D eigenvalue weighted by molar-refractivity contribution is 0.100. The minimum atomic E-state index is -3.19. The molecule has 0 bridgehead atoms. The number of sulfone groups is 1. The van der Waals surface area contributed by atoms with Crippen molar-refractivity contribution in [2.24, 2.45) is 5.73 Å². The molecule has 0 aromatic heterocycles. The van der Waals surface area contributed by atoms with Gasteiger partial charge in [0, 0.05) is 11.3 Å². The summed E-state index contributed by atoms with van der Waals surface area (Å²) in [4.78, 5) is 11.0.